The third-order valence-corrected chi connectivity index (χ3v) is 5.12. The van der Waals surface area contributed by atoms with Crippen molar-refractivity contribution >= 4 is 11.8 Å². The van der Waals surface area contributed by atoms with E-state index in [-0.39, 0.29) is 24.0 Å². The van der Waals surface area contributed by atoms with E-state index >= 15 is 0 Å². The van der Waals surface area contributed by atoms with Crippen molar-refractivity contribution < 1.29 is 14.3 Å². The number of hydrogen-bond acceptors (Lipinski definition) is 4. The molecular weight excluding hydrogens is 318 g/mol. The number of carbonyl (C=O) groups excluding carboxylic acids is 2. The quantitative estimate of drug-likeness (QED) is 0.819. The van der Waals surface area contributed by atoms with Crippen molar-refractivity contribution in [3.05, 3.63) is 30.1 Å². The van der Waals surface area contributed by atoms with Gasteiger partial charge >= 0.3 is 0 Å². The lowest BCUT2D eigenvalue weighted by Crippen LogP contribution is -2.50. The zero-order valence-electron chi connectivity index (χ0n) is 14.9. The number of nitrogens with zero attached hydrogens (tertiary/aromatic N) is 3. The summed E-state index contributed by atoms with van der Waals surface area (Å²) in [6.07, 6.45) is 7.63. The Kier molecular flexibility index (Phi) is 6.02. The summed E-state index contributed by atoms with van der Waals surface area (Å²) < 4.78 is 5.96. The van der Waals surface area contributed by atoms with Gasteiger partial charge in [0, 0.05) is 38.4 Å². The highest BCUT2D eigenvalue weighted by Gasteiger charge is 2.36. The van der Waals surface area contributed by atoms with Gasteiger partial charge < -0.3 is 14.5 Å². The fourth-order valence-corrected chi connectivity index (χ4v) is 3.68. The second kappa shape index (κ2) is 8.43. The first kappa shape index (κ1) is 17.9. The lowest BCUT2D eigenvalue weighted by atomic mass is 10.1. The molecule has 3 heterocycles. The number of carbonyl (C=O) groups is 2. The zero-order valence-corrected chi connectivity index (χ0v) is 14.9. The number of rotatable bonds is 5. The van der Waals surface area contributed by atoms with Gasteiger partial charge in [0.1, 0.15) is 6.04 Å². The van der Waals surface area contributed by atoms with Crippen LogP contribution in [0.1, 0.15) is 44.6 Å². The van der Waals surface area contributed by atoms with Gasteiger partial charge in [-0.3, -0.25) is 14.6 Å². The summed E-state index contributed by atoms with van der Waals surface area (Å²) in [7, 11) is 0. The Hall–Kier alpha value is -1.95. The summed E-state index contributed by atoms with van der Waals surface area (Å²) in [6.45, 7) is 4.55. The molecule has 0 spiro atoms. The molecule has 0 radical (unpaired) electrons. The molecule has 0 N–H and O–H groups in total. The third-order valence-electron chi connectivity index (χ3n) is 5.12. The van der Waals surface area contributed by atoms with Gasteiger partial charge in [-0.25, -0.2) is 0 Å². The number of amides is 2. The minimum atomic E-state index is -0.250. The van der Waals surface area contributed by atoms with Gasteiger partial charge in [-0.1, -0.05) is 13.0 Å². The van der Waals surface area contributed by atoms with Crippen LogP contribution in [0.15, 0.2) is 24.5 Å². The Morgan fingerprint density at radius 1 is 1.24 bits per heavy atom. The normalized spacial score (nSPS) is 21.6. The van der Waals surface area contributed by atoms with Crippen molar-refractivity contribution in [1.82, 2.24) is 14.8 Å². The molecule has 1 atom stereocenters. The van der Waals surface area contributed by atoms with Crippen LogP contribution in [0.5, 0.6) is 0 Å². The molecule has 3 rings (SSSR count). The molecule has 0 saturated carbocycles. The first-order chi connectivity index (χ1) is 12.2. The summed E-state index contributed by atoms with van der Waals surface area (Å²) in [5.74, 6) is 0.204. The number of aromatic nitrogens is 1. The Labute approximate surface area is 149 Å². The van der Waals surface area contributed by atoms with Crippen LogP contribution in [-0.2, 0) is 20.9 Å². The first-order valence-corrected chi connectivity index (χ1v) is 9.27. The van der Waals surface area contributed by atoms with Gasteiger partial charge in [-0.2, -0.15) is 0 Å². The van der Waals surface area contributed by atoms with Crippen molar-refractivity contribution in [3.8, 4) is 0 Å². The molecule has 2 aliphatic rings. The Bertz CT molecular complexity index is 585. The smallest absolute Gasteiger partial charge is 0.245 e. The van der Waals surface area contributed by atoms with Gasteiger partial charge in [0.05, 0.1) is 12.7 Å². The molecule has 6 heteroatoms. The van der Waals surface area contributed by atoms with E-state index in [1.165, 1.54) is 0 Å². The molecule has 136 valence electrons. The highest BCUT2D eigenvalue weighted by Crippen LogP contribution is 2.23. The minimum absolute atomic E-state index is 0.0885. The van der Waals surface area contributed by atoms with Crippen molar-refractivity contribution in [2.75, 3.05) is 19.6 Å². The largest absolute Gasteiger partial charge is 0.373 e. The van der Waals surface area contributed by atoms with Crippen LogP contribution in [0.4, 0.5) is 0 Å². The number of likely N-dealkylation sites (tertiary alicyclic amines) is 2. The summed E-state index contributed by atoms with van der Waals surface area (Å²) in [5, 5.41) is 0. The maximum absolute atomic E-state index is 12.8. The van der Waals surface area contributed by atoms with E-state index in [2.05, 4.69) is 4.98 Å². The molecule has 6 nitrogen and oxygen atoms in total. The van der Waals surface area contributed by atoms with Gasteiger partial charge in [0.2, 0.25) is 11.8 Å². The molecule has 0 aromatic carbocycles. The average molecular weight is 345 g/mol. The summed E-state index contributed by atoms with van der Waals surface area (Å²) in [6, 6.07) is 3.66. The fourth-order valence-electron chi connectivity index (χ4n) is 3.68. The molecule has 25 heavy (non-hydrogen) atoms. The molecule has 0 bridgehead atoms. The van der Waals surface area contributed by atoms with Crippen molar-refractivity contribution in [2.24, 2.45) is 0 Å². The maximum atomic E-state index is 12.8. The average Bonchev–Trinajstić information content (AvgIpc) is 3.16. The molecule has 2 amide bonds. The topological polar surface area (TPSA) is 62.7 Å². The van der Waals surface area contributed by atoms with Gasteiger partial charge in [-0.05, 0) is 37.3 Å². The predicted octanol–water partition coefficient (Wildman–Crippen LogP) is 1.99. The molecule has 0 aliphatic carbocycles. The molecule has 1 aromatic heterocycles. The van der Waals surface area contributed by atoms with E-state index in [9.17, 15) is 9.59 Å². The highest BCUT2D eigenvalue weighted by molar-refractivity contribution is 5.88. The van der Waals surface area contributed by atoms with Crippen molar-refractivity contribution in [1.29, 1.82) is 0 Å². The van der Waals surface area contributed by atoms with Crippen LogP contribution < -0.4 is 0 Å². The second-order valence-corrected chi connectivity index (χ2v) is 6.80. The van der Waals surface area contributed by atoms with Crippen LogP contribution >= 0.6 is 0 Å². The molecular formula is C19H27N3O3. The predicted molar refractivity (Wildman–Crippen MR) is 93.7 cm³/mol. The Balaban J connectivity index is 1.47. The van der Waals surface area contributed by atoms with Crippen molar-refractivity contribution in [2.45, 2.75) is 57.8 Å². The Morgan fingerprint density at radius 3 is 2.72 bits per heavy atom. The Morgan fingerprint density at radius 2 is 2.04 bits per heavy atom. The van der Waals surface area contributed by atoms with Gasteiger partial charge in [-0.15, -0.1) is 0 Å². The van der Waals surface area contributed by atoms with E-state index in [4.69, 9.17) is 4.74 Å². The molecule has 2 fully saturated rings. The molecule has 2 saturated heterocycles. The lowest BCUT2D eigenvalue weighted by molar-refractivity contribution is -0.145. The van der Waals surface area contributed by atoms with E-state index in [0.717, 1.165) is 31.2 Å². The fraction of sp³-hybridized carbons (Fsp3) is 0.632. The van der Waals surface area contributed by atoms with Crippen LogP contribution in [0.3, 0.4) is 0 Å². The molecule has 1 aromatic rings. The number of pyridine rings is 1. The summed E-state index contributed by atoms with van der Waals surface area (Å²) in [5.41, 5.74) is 1.07. The van der Waals surface area contributed by atoms with Crippen LogP contribution in [0.25, 0.3) is 0 Å². The zero-order chi connectivity index (χ0) is 17.6. The van der Waals surface area contributed by atoms with Crippen molar-refractivity contribution in [3.63, 3.8) is 0 Å². The van der Waals surface area contributed by atoms with E-state index in [1.54, 1.807) is 11.1 Å². The van der Waals surface area contributed by atoms with E-state index < -0.39 is 0 Å². The standard InChI is InChI=1S/C19H27N3O3/c1-2-18(23)22-10-4-6-17(22)19(24)21-11-7-16(8-12-21)25-14-15-5-3-9-20-13-15/h3,5,9,13,16-17H,2,4,6-8,10-12,14H2,1H3/t17-/m0/s1. The SMILES string of the molecule is CCC(=O)N1CCC[C@H]1C(=O)N1CCC(OCc2cccnc2)CC1. The van der Waals surface area contributed by atoms with Crippen LogP contribution in [-0.4, -0.2) is 58.4 Å². The van der Waals surface area contributed by atoms with Gasteiger partial charge in [0.25, 0.3) is 0 Å². The highest BCUT2D eigenvalue weighted by atomic mass is 16.5. The molecule has 2 aliphatic heterocycles. The van der Waals surface area contributed by atoms with E-state index in [0.29, 0.717) is 32.7 Å². The molecule has 0 unspecified atom stereocenters. The summed E-state index contributed by atoms with van der Waals surface area (Å²) >= 11 is 0. The second-order valence-electron chi connectivity index (χ2n) is 6.80. The maximum Gasteiger partial charge on any atom is 0.245 e. The summed E-state index contributed by atoms with van der Waals surface area (Å²) in [4.78, 5) is 32.6. The van der Waals surface area contributed by atoms with Gasteiger partial charge in [0.15, 0.2) is 0 Å². The van der Waals surface area contributed by atoms with Crippen LogP contribution in [0, 0.1) is 0 Å². The number of hydrogen-bond donors (Lipinski definition) is 0. The first-order valence-electron chi connectivity index (χ1n) is 9.27. The number of piperidine rings is 1. The van der Waals surface area contributed by atoms with Crippen LogP contribution in [0.2, 0.25) is 0 Å². The minimum Gasteiger partial charge on any atom is -0.373 e. The number of ether oxygens (including phenoxy) is 1. The lowest BCUT2D eigenvalue weighted by Gasteiger charge is -2.35. The van der Waals surface area contributed by atoms with E-state index in [1.807, 2.05) is 30.2 Å². The monoisotopic (exact) mass is 345 g/mol. The third kappa shape index (κ3) is 4.37.